The monoisotopic (exact) mass is 391 g/mol. The van der Waals surface area contributed by atoms with Crippen LogP contribution >= 0.6 is 43.2 Å². The van der Waals surface area contributed by atoms with Crippen molar-refractivity contribution in [2.75, 3.05) is 6.61 Å². The van der Waals surface area contributed by atoms with Crippen molar-refractivity contribution in [2.24, 2.45) is 5.73 Å². The Morgan fingerprint density at radius 3 is 2.65 bits per heavy atom. The van der Waals surface area contributed by atoms with Gasteiger partial charge < -0.3 is 10.5 Å². The first-order chi connectivity index (χ1) is 7.80. The molecule has 1 aromatic heterocycles. The van der Waals surface area contributed by atoms with Gasteiger partial charge in [0, 0.05) is 9.35 Å². The van der Waals surface area contributed by atoms with Crippen LogP contribution in [-0.4, -0.2) is 18.5 Å². The molecule has 3 nitrogen and oxygen atoms in total. The molecule has 0 aliphatic rings. The first kappa shape index (κ1) is 15.0. The van der Waals surface area contributed by atoms with Crippen molar-refractivity contribution in [3.05, 3.63) is 19.2 Å². The van der Waals surface area contributed by atoms with Crippen LogP contribution in [0.4, 0.5) is 8.78 Å². The minimum atomic E-state index is -3.74. The highest BCUT2D eigenvalue weighted by Gasteiger charge is 2.48. The van der Waals surface area contributed by atoms with Crippen LogP contribution in [0.3, 0.4) is 0 Å². The summed E-state index contributed by atoms with van der Waals surface area (Å²) in [6.45, 7) is 1.34. The molecule has 0 saturated heterocycles. The maximum atomic E-state index is 13.6. The molecular weight excluding hydrogens is 384 g/mol. The quantitative estimate of drug-likeness (QED) is 0.798. The molecule has 0 aromatic carbocycles. The van der Waals surface area contributed by atoms with Crippen LogP contribution in [0.25, 0.3) is 0 Å². The predicted octanol–water partition coefficient (Wildman–Crippen LogP) is 3.47. The topological polar surface area (TPSA) is 52.3 Å². The number of thiophene rings is 1. The van der Waals surface area contributed by atoms with Crippen molar-refractivity contribution in [3.8, 4) is 0 Å². The Labute approximate surface area is 118 Å². The van der Waals surface area contributed by atoms with Gasteiger partial charge in [0.1, 0.15) is 6.04 Å². The molecule has 0 spiro atoms. The average Bonchev–Trinajstić information content (AvgIpc) is 2.58. The zero-order chi connectivity index (χ0) is 13.2. The normalized spacial score (nSPS) is 13.5. The predicted molar refractivity (Wildman–Crippen MR) is 68.2 cm³/mol. The highest BCUT2D eigenvalue weighted by atomic mass is 79.9. The van der Waals surface area contributed by atoms with E-state index in [0.717, 1.165) is 11.3 Å². The van der Waals surface area contributed by atoms with Crippen LogP contribution in [0.2, 0.25) is 0 Å². The third-order valence-corrected chi connectivity index (χ3v) is 5.25. The van der Waals surface area contributed by atoms with Gasteiger partial charge >= 0.3 is 11.9 Å². The number of nitrogens with two attached hydrogens (primary N) is 1. The molecular formula is C9H9Br2F2NO2S. The third-order valence-electron chi connectivity index (χ3n) is 1.91. The van der Waals surface area contributed by atoms with E-state index in [1.54, 1.807) is 0 Å². The van der Waals surface area contributed by atoms with Gasteiger partial charge in [-0.25, -0.2) is 4.79 Å². The van der Waals surface area contributed by atoms with Gasteiger partial charge in [-0.2, -0.15) is 8.78 Å². The van der Waals surface area contributed by atoms with E-state index in [1.807, 2.05) is 0 Å². The van der Waals surface area contributed by atoms with Crippen LogP contribution in [0.15, 0.2) is 14.3 Å². The fourth-order valence-corrected chi connectivity index (χ4v) is 3.18. The van der Waals surface area contributed by atoms with Gasteiger partial charge in [0.15, 0.2) is 0 Å². The number of alkyl halides is 2. The van der Waals surface area contributed by atoms with E-state index in [1.165, 1.54) is 13.0 Å². The van der Waals surface area contributed by atoms with Crippen LogP contribution < -0.4 is 5.73 Å². The molecule has 0 aliphatic carbocycles. The Kier molecular flexibility index (Phi) is 5.06. The smallest absolute Gasteiger partial charge is 0.379 e. The lowest BCUT2D eigenvalue weighted by atomic mass is 10.1. The lowest BCUT2D eigenvalue weighted by Crippen LogP contribution is -2.41. The van der Waals surface area contributed by atoms with Crippen LogP contribution in [0.5, 0.6) is 0 Å². The van der Waals surface area contributed by atoms with Crippen molar-refractivity contribution >= 4 is 49.2 Å². The minimum absolute atomic E-state index is 0.112. The minimum Gasteiger partial charge on any atom is -0.462 e. The summed E-state index contributed by atoms with van der Waals surface area (Å²) in [5.74, 6) is -5.34. The molecule has 0 bridgehead atoms. The molecule has 0 radical (unpaired) electrons. The van der Waals surface area contributed by atoms with Crippen LogP contribution in [0, 0.1) is 0 Å². The number of hydrogen-bond donors (Lipinski definition) is 1. The van der Waals surface area contributed by atoms with E-state index in [0.29, 0.717) is 8.26 Å². The van der Waals surface area contributed by atoms with Crippen molar-refractivity contribution < 1.29 is 18.3 Å². The Balaban J connectivity index is 2.95. The van der Waals surface area contributed by atoms with Gasteiger partial charge in [0.2, 0.25) is 0 Å². The third kappa shape index (κ3) is 3.24. The van der Waals surface area contributed by atoms with Gasteiger partial charge in [-0.3, -0.25) is 0 Å². The number of hydrogen-bond acceptors (Lipinski definition) is 4. The number of esters is 1. The van der Waals surface area contributed by atoms with Crippen molar-refractivity contribution in [1.82, 2.24) is 0 Å². The standard InChI is InChI=1S/C9H9Br2F2NO2S/c1-2-16-8(15)9(12,13)6(14)5-3-4(10)7(11)17-5/h3,6H,2,14H2,1H3/t6-/m1/s1. The maximum Gasteiger partial charge on any atom is 0.379 e. The molecule has 1 heterocycles. The van der Waals surface area contributed by atoms with Gasteiger partial charge in [-0.15, -0.1) is 11.3 Å². The largest absolute Gasteiger partial charge is 0.462 e. The molecule has 8 heteroatoms. The van der Waals surface area contributed by atoms with Crippen LogP contribution in [0.1, 0.15) is 17.8 Å². The van der Waals surface area contributed by atoms with E-state index in [2.05, 4.69) is 36.6 Å². The summed E-state index contributed by atoms with van der Waals surface area (Å²) in [5, 5.41) is 0. The summed E-state index contributed by atoms with van der Waals surface area (Å²) >= 11 is 7.38. The number of halogens is 4. The zero-order valence-electron chi connectivity index (χ0n) is 8.68. The molecule has 0 amide bonds. The van der Waals surface area contributed by atoms with Gasteiger partial charge in [-0.1, -0.05) is 0 Å². The fraction of sp³-hybridized carbons (Fsp3) is 0.444. The fourth-order valence-electron chi connectivity index (χ4n) is 1.05. The summed E-state index contributed by atoms with van der Waals surface area (Å²) in [6.07, 6.45) is 0. The first-order valence-electron chi connectivity index (χ1n) is 4.56. The molecule has 0 fully saturated rings. The Hall–Kier alpha value is -0.0500. The molecule has 0 unspecified atom stereocenters. The average molecular weight is 393 g/mol. The Morgan fingerprint density at radius 2 is 2.24 bits per heavy atom. The van der Waals surface area contributed by atoms with Crippen LogP contribution in [-0.2, 0) is 9.53 Å². The highest BCUT2D eigenvalue weighted by molar-refractivity contribution is 9.13. The van der Waals surface area contributed by atoms with E-state index >= 15 is 0 Å². The summed E-state index contributed by atoms with van der Waals surface area (Å²) in [5.41, 5.74) is 5.40. The van der Waals surface area contributed by atoms with Crippen molar-refractivity contribution in [2.45, 2.75) is 18.9 Å². The second kappa shape index (κ2) is 5.73. The number of rotatable bonds is 4. The Bertz CT molecular complexity index is 406. The zero-order valence-corrected chi connectivity index (χ0v) is 12.7. The summed E-state index contributed by atoms with van der Waals surface area (Å²) in [6, 6.07) is -0.263. The Morgan fingerprint density at radius 1 is 1.65 bits per heavy atom. The van der Waals surface area contributed by atoms with Crippen molar-refractivity contribution in [1.29, 1.82) is 0 Å². The first-order valence-corrected chi connectivity index (χ1v) is 6.96. The molecule has 0 aliphatic heterocycles. The molecule has 1 aromatic rings. The van der Waals surface area contributed by atoms with E-state index in [9.17, 15) is 13.6 Å². The van der Waals surface area contributed by atoms with Gasteiger partial charge in [0.05, 0.1) is 10.4 Å². The van der Waals surface area contributed by atoms with E-state index in [4.69, 9.17) is 5.73 Å². The summed E-state index contributed by atoms with van der Waals surface area (Å²) in [4.78, 5) is 11.3. The number of carbonyl (C=O) groups is 1. The number of carbonyl (C=O) groups excluding carboxylic acids is 1. The molecule has 1 atom stereocenters. The lowest BCUT2D eigenvalue weighted by molar-refractivity contribution is -0.174. The molecule has 1 rings (SSSR count). The number of ether oxygens (including phenoxy) is 1. The summed E-state index contributed by atoms with van der Waals surface area (Å²) < 4.78 is 32.8. The van der Waals surface area contributed by atoms with E-state index < -0.39 is 17.9 Å². The molecule has 17 heavy (non-hydrogen) atoms. The van der Waals surface area contributed by atoms with Crippen molar-refractivity contribution in [3.63, 3.8) is 0 Å². The second-order valence-electron chi connectivity index (χ2n) is 3.09. The lowest BCUT2D eigenvalue weighted by Gasteiger charge is -2.20. The van der Waals surface area contributed by atoms with E-state index in [-0.39, 0.29) is 11.5 Å². The maximum absolute atomic E-state index is 13.6. The SMILES string of the molecule is CCOC(=O)C(F)(F)[C@H](N)c1cc(Br)c(Br)s1. The molecule has 96 valence electrons. The van der Waals surface area contributed by atoms with Gasteiger partial charge in [0.25, 0.3) is 0 Å². The molecule has 0 saturated carbocycles. The summed E-state index contributed by atoms with van der Waals surface area (Å²) in [7, 11) is 0. The molecule has 2 N–H and O–H groups in total. The van der Waals surface area contributed by atoms with Gasteiger partial charge in [-0.05, 0) is 44.8 Å². The highest BCUT2D eigenvalue weighted by Crippen LogP contribution is 2.40. The second-order valence-corrected chi connectivity index (χ2v) is 6.35.